The van der Waals surface area contributed by atoms with Crippen molar-refractivity contribution < 1.29 is 27.7 Å². The third-order valence-electron chi connectivity index (χ3n) is 7.73. The second-order valence-corrected chi connectivity index (χ2v) is 14.1. The topological polar surface area (TPSA) is 167 Å². The van der Waals surface area contributed by atoms with Gasteiger partial charge in [-0.3, -0.25) is 14.4 Å². The number of rotatable bonds is 10. The highest BCUT2D eigenvalue weighted by Gasteiger charge is 2.26. The van der Waals surface area contributed by atoms with E-state index in [0.29, 0.717) is 22.5 Å². The second-order valence-electron chi connectivity index (χ2n) is 12.8. The van der Waals surface area contributed by atoms with Crippen LogP contribution in [0.15, 0.2) is 92.4 Å². The number of pyridine rings is 1. The molecule has 12 nitrogen and oxygen atoms in total. The Bertz CT molecular complexity index is 2020. The highest BCUT2D eigenvalue weighted by molar-refractivity contribution is 7.89. The molecule has 1 aliphatic rings. The average molecular weight is 707 g/mol. The molecule has 3 N–H and O–H groups in total. The Morgan fingerprint density at radius 1 is 1.08 bits per heavy atom. The first kappa shape index (κ1) is 37.7. The van der Waals surface area contributed by atoms with Crippen LogP contribution in [0, 0.1) is 19.3 Å². The predicted molar refractivity (Wildman–Crippen MR) is 188 cm³/mol. The summed E-state index contributed by atoms with van der Waals surface area (Å²) in [6, 6.07) is 7.89. The maximum atomic E-state index is 15.3. The largest absolute Gasteiger partial charge is 0.588 e. The van der Waals surface area contributed by atoms with Crippen LogP contribution in [-0.2, 0) is 39.2 Å². The Hall–Kier alpha value is -5.09. The minimum atomic E-state index is -2.03. The zero-order valence-corrected chi connectivity index (χ0v) is 29.4. The standard InChI is InChI=1S/C34H37BF2N6O6S/c1-18-17-42(6)33(48)43(31(18)46)28-12-7-20(19(2)38-28)15-27(29(35)44)40-30(45)21-13-22(36)16-26(25(37)14-21)41-50(49)24-10-8-23(9-11-24)39-32(47)34(3,4)5/h7-14,16-17,22,27,41H,15,35H2,1-6H3,(H,39,47)(H,40,45)/t22?,27-,50?/m0/s1. The van der Waals surface area contributed by atoms with E-state index in [1.807, 2.05) is 0 Å². The summed E-state index contributed by atoms with van der Waals surface area (Å²) in [7, 11) is 2.76. The van der Waals surface area contributed by atoms with Crippen molar-refractivity contribution in [2.45, 2.75) is 58.1 Å². The summed E-state index contributed by atoms with van der Waals surface area (Å²) in [4.78, 5) is 67.9. The molecular weight excluding hydrogens is 669 g/mol. The maximum Gasteiger partial charge on any atom is 0.336 e. The van der Waals surface area contributed by atoms with Crippen molar-refractivity contribution in [3.05, 3.63) is 116 Å². The van der Waals surface area contributed by atoms with Gasteiger partial charge in [-0.25, -0.2) is 27.8 Å². The normalized spacial score (nSPS) is 15.9. The molecule has 262 valence electrons. The van der Waals surface area contributed by atoms with Gasteiger partial charge in [-0.2, -0.15) is 0 Å². The van der Waals surface area contributed by atoms with E-state index in [1.54, 1.807) is 40.7 Å². The van der Waals surface area contributed by atoms with Crippen LogP contribution >= 0.6 is 0 Å². The Labute approximate surface area is 291 Å². The fourth-order valence-corrected chi connectivity index (χ4v) is 5.65. The molecular formula is C34H37BF2N6O6S. The predicted octanol–water partition coefficient (Wildman–Crippen LogP) is 2.05. The zero-order chi connectivity index (χ0) is 37.1. The van der Waals surface area contributed by atoms with Crippen molar-refractivity contribution in [3.63, 3.8) is 0 Å². The molecule has 0 spiro atoms. The minimum absolute atomic E-state index is 0.0395. The van der Waals surface area contributed by atoms with Gasteiger partial charge >= 0.3 is 5.69 Å². The van der Waals surface area contributed by atoms with Crippen LogP contribution in [0.4, 0.5) is 14.5 Å². The SMILES string of the molecule is BC(=O)[C@H](Cc1ccc(-n2c(=O)c(C)cn(C)c2=O)nc1C)NC(=O)C1=CC(F)C=C(N[S+]([O-])c2ccc(NC(=O)C(C)(C)C)cc2)C(F)=C1. The summed E-state index contributed by atoms with van der Waals surface area (Å²) in [5, 5.41) is 5.25. The number of carbonyl (C=O) groups is 3. The lowest BCUT2D eigenvalue weighted by Crippen LogP contribution is -2.43. The molecule has 2 unspecified atom stereocenters. The quantitative estimate of drug-likeness (QED) is 0.213. The molecule has 0 aliphatic heterocycles. The number of aromatic nitrogens is 3. The molecule has 1 aliphatic carbocycles. The molecule has 2 aromatic heterocycles. The van der Waals surface area contributed by atoms with E-state index in [0.717, 1.165) is 22.8 Å². The van der Waals surface area contributed by atoms with E-state index in [1.165, 1.54) is 56.0 Å². The molecule has 4 rings (SSSR count). The Morgan fingerprint density at radius 3 is 2.34 bits per heavy atom. The highest BCUT2D eigenvalue weighted by Crippen LogP contribution is 2.24. The third-order valence-corrected chi connectivity index (χ3v) is 8.83. The monoisotopic (exact) mass is 706 g/mol. The number of nitrogens with zero attached hydrogens (tertiary/aromatic N) is 3. The maximum absolute atomic E-state index is 15.3. The van der Waals surface area contributed by atoms with Crippen LogP contribution in [0.5, 0.6) is 0 Å². The lowest BCUT2D eigenvalue weighted by Gasteiger charge is -2.18. The minimum Gasteiger partial charge on any atom is -0.588 e. The number of anilines is 1. The van der Waals surface area contributed by atoms with Gasteiger partial charge in [-0.15, -0.1) is 0 Å². The number of benzene rings is 1. The molecule has 16 heteroatoms. The number of amides is 2. The third kappa shape index (κ3) is 8.92. The number of nitrogens with one attached hydrogen (secondary N) is 3. The van der Waals surface area contributed by atoms with Crippen LogP contribution in [0.2, 0.25) is 0 Å². The molecule has 3 atom stereocenters. The fraction of sp³-hybridized carbons (Fsp3) is 0.294. The Morgan fingerprint density at radius 2 is 1.74 bits per heavy atom. The van der Waals surface area contributed by atoms with Crippen LogP contribution < -0.4 is 26.6 Å². The van der Waals surface area contributed by atoms with Gasteiger partial charge in [-0.05, 0) is 68.0 Å². The van der Waals surface area contributed by atoms with Crippen LogP contribution in [0.3, 0.4) is 0 Å². The molecule has 2 heterocycles. The first-order chi connectivity index (χ1) is 23.3. The number of hydrogen-bond donors (Lipinski definition) is 3. The van der Waals surface area contributed by atoms with Crippen molar-refractivity contribution >= 4 is 42.4 Å². The molecule has 0 radical (unpaired) electrons. The number of aryl methyl sites for hydroxylation is 3. The summed E-state index contributed by atoms with van der Waals surface area (Å²) in [5.74, 6) is -2.13. The summed E-state index contributed by atoms with van der Waals surface area (Å²) in [6.45, 7) is 8.46. The smallest absolute Gasteiger partial charge is 0.336 e. The zero-order valence-electron chi connectivity index (χ0n) is 28.6. The molecule has 0 saturated carbocycles. The van der Waals surface area contributed by atoms with Gasteiger partial charge in [0.25, 0.3) is 11.5 Å². The number of carbonyl (C=O) groups excluding carboxylic acids is 3. The Balaban J connectivity index is 1.46. The van der Waals surface area contributed by atoms with Crippen LogP contribution in [0.1, 0.15) is 37.6 Å². The number of hydrogen-bond acceptors (Lipinski definition) is 8. The summed E-state index contributed by atoms with van der Waals surface area (Å²) in [6.07, 6.45) is 1.88. The van der Waals surface area contributed by atoms with Crippen LogP contribution in [-0.4, -0.2) is 56.2 Å². The molecule has 2 amide bonds. The molecule has 1 aromatic carbocycles. The van der Waals surface area contributed by atoms with Crippen molar-refractivity contribution in [2.75, 3.05) is 5.32 Å². The van der Waals surface area contributed by atoms with E-state index in [4.69, 9.17) is 0 Å². The lowest BCUT2D eigenvalue weighted by atomic mass is 9.89. The van der Waals surface area contributed by atoms with E-state index < -0.39 is 68.9 Å². The highest BCUT2D eigenvalue weighted by atomic mass is 32.2. The molecule has 0 saturated heterocycles. The lowest BCUT2D eigenvalue weighted by molar-refractivity contribution is -0.123. The molecule has 3 aromatic rings. The van der Waals surface area contributed by atoms with Gasteiger partial charge < -0.3 is 24.5 Å². The van der Waals surface area contributed by atoms with Gasteiger partial charge in [0.1, 0.15) is 34.7 Å². The summed E-state index contributed by atoms with van der Waals surface area (Å²) in [5.41, 5.74) is -1.33. The van der Waals surface area contributed by atoms with E-state index in [-0.39, 0.29) is 23.0 Å². The van der Waals surface area contributed by atoms with Gasteiger partial charge in [0, 0.05) is 47.6 Å². The van der Waals surface area contributed by atoms with Gasteiger partial charge in [0.15, 0.2) is 18.6 Å². The summed E-state index contributed by atoms with van der Waals surface area (Å²) < 4.78 is 47.8. The van der Waals surface area contributed by atoms with Gasteiger partial charge in [0.2, 0.25) is 5.91 Å². The first-order valence-electron chi connectivity index (χ1n) is 15.5. The van der Waals surface area contributed by atoms with Crippen LogP contribution in [0.25, 0.3) is 5.82 Å². The molecule has 0 bridgehead atoms. The fourth-order valence-electron chi connectivity index (χ4n) is 4.78. The molecule has 0 fully saturated rings. The first-order valence-corrected chi connectivity index (χ1v) is 16.6. The average Bonchev–Trinajstić information content (AvgIpc) is 3.17. The molecule has 50 heavy (non-hydrogen) atoms. The number of alkyl halides is 1. The van der Waals surface area contributed by atoms with Gasteiger partial charge in [-0.1, -0.05) is 26.8 Å². The number of allylic oxidation sites excluding steroid dienone is 3. The van der Waals surface area contributed by atoms with Crippen molar-refractivity contribution in [1.29, 1.82) is 0 Å². The number of halogens is 2. The van der Waals surface area contributed by atoms with E-state index >= 15 is 4.39 Å². The van der Waals surface area contributed by atoms with E-state index in [9.17, 15) is 32.9 Å². The Kier molecular flexibility index (Phi) is 11.5. The summed E-state index contributed by atoms with van der Waals surface area (Å²) >= 11 is -2.03. The van der Waals surface area contributed by atoms with Crippen molar-refractivity contribution in [2.24, 2.45) is 12.5 Å². The van der Waals surface area contributed by atoms with Crippen molar-refractivity contribution in [1.82, 2.24) is 24.2 Å². The van der Waals surface area contributed by atoms with Crippen molar-refractivity contribution in [3.8, 4) is 5.82 Å². The second kappa shape index (κ2) is 15.2. The van der Waals surface area contributed by atoms with E-state index in [2.05, 4.69) is 20.3 Å². The van der Waals surface area contributed by atoms with Gasteiger partial charge in [0.05, 0.1) is 6.04 Å².